The van der Waals surface area contributed by atoms with E-state index in [1.165, 1.54) is 6.07 Å². The summed E-state index contributed by atoms with van der Waals surface area (Å²) in [5.41, 5.74) is 2.68. The Morgan fingerprint density at radius 3 is 2.53 bits per heavy atom. The van der Waals surface area contributed by atoms with Crippen LogP contribution in [0.5, 0.6) is 5.75 Å². The summed E-state index contributed by atoms with van der Waals surface area (Å²) in [7, 11) is 1.63. The lowest BCUT2D eigenvalue weighted by molar-refractivity contribution is 0.414. The van der Waals surface area contributed by atoms with Crippen molar-refractivity contribution in [3.63, 3.8) is 0 Å². The number of hydrogen-bond donors (Lipinski definition) is 0. The van der Waals surface area contributed by atoms with Gasteiger partial charge in [-0.05, 0) is 42.3 Å². The minimum absolute atomic E-state index is 0.200. The summed E-state index contributed by atoms with van der Waals surface area (Å²) in [4.78, 5) is -0.200. The van der Waals surface area contributed by atoms with Crippen LogP contribution < -0.4 is 4.74 Å². The summed E-state index contributed by atoms with van der Waals surface area (Å²) < 4.78 is 19.9. The van der Waals surface area contributed by atoms with Crippen LogP contribution in [0.25, 0.3) is 0 Å². The van der Waals surface area contributed by atoms with Crippen LogP contribution in [0.15, 0.2) is 40.9 Å². The summed E-state index contributed by atoms with van der Waals surface area (Å²) in [5, 5.41) is 0. The van der Waals surface area contributed by atoms with Gasteiger partial charge in [0.05, 0.1) is 11.9 Å². The van der Waals surface area contributed by atoms with Gasteiger partial charge in [0.15, 0.2) is 0 Å². The fraction of sp³-hybridized carbons (Fsp3) is 0.200. The van der Waals surface area contributed by atoms with Crippen LogP contribution in [0, 0.1) is 12.7 Å². The molecule has 2 aromatic rings. The molecule has 2 rings (SSSR count). The number of ether oxygens (including phenoxy) is 1. The number of aryl methyl sites for hydroxylation is 1. The molecule has 1 unspecified atom stereocenters. The van der Waals surface area contributed by atoms with Crippen molar-refractivity contribution in [2.75, 3.05) is 7.11 Å². The molecule has 0 saturated heterocycles. The highest BCUT2D eigenvalue weighted by molar-refractivity contribution is 9.11. The van der Waals surface area contributed by atoms with E-state index in [1.54, 1.807) is 13.2 Å². The summed E-state index contributed by atoms with van der Waals surface area (Å²) >= 11 is 6.99. The van der Waals surface area contributed by atoms with Gasteiger partial charge >= 0.3 is 0 Å². The lowest BCUT2D eigenvalue weighted by atomic mass is 10.00. The molecule has 0 N–H and O–H groups in total. The number of hydrogen-bond acceptors (Lipinski definition) is 1. The van der Waals surface area contributed by atoms with Gasteiger partial charge < -0.3 is 4.74 Å². The van der Waals surface area contributed by atoms with Gasteiger partial charge in [-0.1, -0.05) is 44.0 Å². The maximum atomic E-state index is 14.0. The molecule has 0 aliphatic rings. The lowest BCUT2D eigenvalue weighted by Crippen LogP contribution is -2.00. The molecule has 100 valence electrons. The Labute approximate surface area is 129 Å². The summed E-state index contributed by atoms with van der Waals surface area (Å²) in [6.07, 6.45) is 0. The molecule has 0 radical (unpaired) electrons. The van der Waals surface area contributed by atoms with Gasteiger partial charge in [0.2, 0.25) is 0 Å². The van der Waals surface area contributed by atoms with E-state index < -0.39 is 0 Å². The predicted molar refractivity (Wildman–Crippen MR) is 82.6 cm³/mol. The van der Waals surface area contributed by atoms with Crippen molar-refractivity contribution in [2.45, 2.75) is 11.8 Å². The molecule has 19 heavy (non-hydrogen) atoms. The number of halogens is 3. The first kappa shape index (κ1) is 14.5. The highest BCUT2D eigenvalue weighted by atomic mass is 79.9. The monoisotopic (exact) mass is 386 g/mol. The number of rotatable bonds is 3. The molecule has 0 bridgehead atoms. The van der Waals surface area contributed by atoms with E-state index in [2.05, 4.69) is 31.9 Å². The average molecular weight is 388 g/mol. The molecule has 0 aliphatic heterocycles. The third-order valence-electron chi connectivity index (χ3n) is 3.00. The van der Waals surface area contributed by atoms with Crippen molar-refractivity contribution in [3.05, 3.63) is 63.4 Å². The molecular formula is C15H13Br2FO. The Bertz CT molecular complexity index is 578. The Morgan fingerprint density at radius 2 is 1.95 bits per heavy atom. The molecular weight excluding hydrogens is 375 g/mol. The Balaban J connectivity index is 2.47. The molecule has 0 saturated carbocycles. The van der Waals surface area contributed by atoms with Gasteiger partial charge in [-0.15, -0.1) is 0 Å². The zero-order chi connectivity index (χ0) is 14.0. The fourth-order valence-electron chi connectivity index (χ4n) is 1.97. The van der Waals surface area contributed by atoms with E-state index in [9.17, 15) is 4.39 Å². The van der Waals surface area contributed by atoms with Crippen molar-refractivity contribution in [1.29, 1.82) is 0 Å². The zero-order valence-corrected chi connectivity index (χ0v) is 13.8. The van der Waals surface area contributed by atoms with Gasteiger partial charge in [0.1, 0.15) is 11.6 Å². The third-order valence-corrected chi connectivity index (χ3v) is 4.65. The van der Waals surface area contributed by atoms with Gasteiger partial charge in [-0.2, -0.15) is 0 Å². The second kappa shape index (κ2) is 6.06. The predicted octanol–water partition coefficient (Wildman–Crippen LogP) is 5.39. The number of alkyl halides is 1. The van der Waals surface area contributed by atoms with Gasteiger partial charge in [-0.3, -0.25) is 0 Å². The lowest BCUT2D eigenvalue weighted by Gasteiger charge is -2.16. The van der Waals surface area contributed by atoms with Crippen molar-refractivity contribution in [3.8, 4) is 5.75 Å². The molecule has 4 heteroatoms. The quantitative estimate of drug-likeness (QED) is 0.641. The fourth-order valence-corrected chi connectivity index (χ4v) is 3.82. The van der Waals surface area contributed by atoms with Crippen LogP contribution in [0.1, 0.15) is 21.5 Å². The Morgan fingerprint density at radius 1 is 1.21 bits per heavy atom. The van der Waals surface area contributed by atoms with E-state index in [0.29, 0.717) is 5.56 Å². The molecule has 0 spiro atoms. The molecule has 1 atom stereocenters. The summed E-state index contributed by atoms with van der Waals surface area (Å²) in [5.74, 6) is 0.569. The molecule has 1 nitrogen and oxygen atoms in total. The standard InChI is InChI=1S/C15H13Br2FO/c1-9-8-10(19-2)6-7-11(9)15(17)14-12(16)4-3-5-13(14)18/h3-8,15H,1-2H3. The van der Waals surface area contributed by atoms with Gasteiger partial charge in [0, 0.05) is 10.0 Å². The van der Waals surface area contributed by atoms with Crippen molar-refractivity contribution in [2.24, 2.45) is 0 Å². The first-order valence-corrected chi connectivity index (χ1v) is 7.48. The Kier molecular flexibility index (Phi) is 4.63. The van der Waals surface area contributed by atoms with E-state index in [4.69, 9.17) is 4.74 Å². The maximum Gasteiger partial charge on any atom is 0.129 e. The number of benzene rings is 2. The topological polar surface area (TPSA) is 9.23 Å². The normalized spacial score (nSPS) is 12.3. The second-order valence-electron chi connectivity index (χ2n) is 4.22. The molecule has 0 fully saturated rings. The van der Waals surface area contributed by atoms with Crippen LogP contribution in [0.4, 0.5) is 4.39 Å². The smallest absolute Gasteiger partial charge is 0.129 e. The highest BCUT2D eigenvalue weighted by Gasteiger charge is 2.19. The van der Waals surface area contributed by atoms with E-state index in [0.717, 1.165) is 21.3 Å². The van der Waals surface area contributed by atoms with Crippen LogP contribution in [0.2, 0.25) is 0 Å². The Hall–Kier alpha value is -0.870. The minimum Gasteiger partial charge on any atom is -0.497 e. The third kappa shape index (κ3) is 3.00. The van der Waals surface area contributed by atoms with Crippen LogP contribution in [0.3, 0.4) is 0 Å². The van der Waals surface area contributed by atoms with Crippen molar-refractivity contribution < 1.29 is 9.13 Å². The summed E-state index contributed by atoms with van der Waals surface area (Å²) in [6.45, 7) is 1.99. The first-order valence-electron chi connectivity index (χ1n) is 5.77. The van der Waals surface area contributed by atoms with Crippen molar-refractivity contribution >= 4 is 31.9 Å². The van der Waals surface area contributed by atoms with E-state index in [1.807, 2.05) is 31.2 Å². The van der Waals surface area contributed by atoms with Crippen LogP contribution in [-0.2, 0) is 0 Å². The average Bonchev–Trinajstić information content (AvgIpc) is 2.38. The van der Waals surface area contributed by atoms with Gasteiger partial charge in [-0.25, -0.2) is 4.39 Å². The highest BCUT2D eigenvalue weighted by Crippen LogP contribution is 2.39. The molecule has 0 amide bonds. The van der Waals surface area contributed by atoms with Crippen LogP contribution >= 0.6 is 31.9 Å². The molecule has 0 heterocycles. The van der Waals surface area contributed by atoms with Gasteiger partial charge in [0.25, 0.3) is 0 Å². The summed E-state index contributed by atoms with van der Waals surface area (Å²) in [6, 6.07) is 10.8. The number of methoxy groups -OCH3 is 1. The minimum atomic E-state index is -0.230. The second-order valence-corrected chi connectivity index (χ2v) is 5.99. The molecule has 0 aromatic heterocycles. The van der Waals surface area contributed by atoms with E-state index >= 15 is 0 Å². The van der Waals surface area contributed by atoms with Crippen LogP contribution in [-0.4, -0.2) is 7.11 Å². The first-order chi connectivity index (χ1) is 9.04. The van der Waals surface area contributed by atoms with E-state index in [-0.39, 0.29) is 10.6 Å². The largest absolute Gasteiger partial charge is 0.497 e. The van der Waals surface area contributed by atoms with Crippen molar-refractivity contribution in [1.82, 2.24) is 0 Å². The molecule has 0 aliphatic carbocycles. The maximum absolute atomic E-state index is 14.0. The molecule has 2 aromatic carbocycles. The SMILES string of the molecule is COc1ccc(C(Br)c2c(F)cccc2Br)c(C)c1. The zero-order valence-electron chi connectivity index (χ0n) is 10.6.